The Morgan fingerprint density at radius 2 is 0.800 bits per heavy atom. The van der Waals surface area contributed by atoms with Crippen LogP contribution in [0.1, 0.15) is 80.1 Å². The van der Waals surface area contributed by atoms with E-state index in [1.807, 2.05) is 22.7 Å². The fraction of sp³-hybridized carbons (Fsp3) is 0.500. The predicted octanol–water partition coefficient (Wildman–Crippen LogP) is 13.3. The Morgan fingerprint density at radius 1 is 0.467 bits per heavy atom. The molecule has 0 bridgehead atoms. The first kappa shape index (κ1) is 33.7. The van der Waals surface area contributed by atoms with Crippen molar-refractivity contribution >= 4 is 112 Å². The van der Waals surface area contributed by atoms with Gasteiger partial charge < -0.3 is 0 Å². The first-order chi connectivity index (χ1) is 21.9. The van der Waals surface area contributed by atoms with Crippen LogP contribution in [0.25, 0.3) is 50.7 Å². The molecule has 0 spiro atoms. The molecule has 6 aromatic rings. The Morgan fingerprint density at radius 3 is 1.11 bits per heavy atom. The summed E-state index contributed by atoms with van der Waals surface area (Å²) in [5.41, 5.74) is 4.62. The quantitative estimate of drug-likeness (QED) is 0.0929. The molecule has 0 atom stereocenters. The van der Waals surface area contributed by atoms with Crippen LogP contribution in [0.3, 0.4) is 0 Å². The lowest BCUT2D eigenvalue weighted by atomic mass is 10.1. The van der Waals surface area contributed by atoms with Crippen LogP contribution < -0.4 is 9.00 Å². The lowest BCUT2D eigenvalue weighted by Crippen LogP contribution is -2.45. The monoisotopic (exact) mass is 724 g/mol. The molecule has 0 unspecified atom stereocenters. The lowest BCUT2D eigenvalue weighted by Gasteiger charge is -2.30. The number of fused-ring (bicyclic) bond motifs is 3. The summed E-state index contributed by atoms with van der Waals surface area (Å²) in [6.07, 6.45) is 7.87. The van der Waals surface area contributed by atoms with Crippen molar-refractivity contribution in [3.05, 3.63) is 36.4 Å². The molecule has 0 aliphatic rings. The van der Waals surface area contributed by atoms with Gasteiger partial charge in [0.25, 0.3) is 0 Å². The number of rotatable bonds is 16. The van der Waals surface area contributed by atoms with Crippen molar-refractivity contribution in [1.82, 2.24) is 8.75 Å². The van der Waals surface area contributed by atoms with Gasteiger partial charge in [-0.1, -0.05) is 128 Å². The van der Waals surface area contributed by atoms with Gasteiger partial charge in [-0.05, 0) is 33.3 Å². The summed E-state index contributed by atoms with van der Waals surface area (Å²) in [5.74, 6) is 0. The number of aromatic nitrogens is 2. The van der Waals surface area contributed by atoms with Crippen LogP contribution in [0.2, 0.25) is 36.3 Å². The van der Waals surface area contributed by atoms with Crippen molar-refractivity contribution in [3.8, 4) is 20.9 Å². The van der Waals surface area contributed by atoms with Gasteiger partial charge in [-0.15, -0.1) is 45.3 Å². The molecular formula is C36H48N2S5Si2. The van der Waals surface area contributed by atoms with Gasteiger partial charge in [0, 0.05) is 39.7 Å². The average Bonchev–Trinajstić information content (AvgIpc) is 3.83. The van der Waals surface area contributed by atoms with Crippen LogP contribution in [-0.2, 0) is 0 Å². The molecule has 0 aliphatic heterocycles. The van der Waals surface area contributed by atoms with Crippen LogP contribution in [0, 0.1) is 0 Å². The van der Waals surface area contributed by atoms with Crippen LogP contribution in [0.5, 0.6) is 0 Å². The second-order valence-corrected chi connectivity index (χ2v) is 27.9. The molecule has 0 amide bonds. The summed E-state index contributed by atoms with van der Waals surface area (Å²) in [6, 6.07) is 23.3. The van der Waals surface area contributed by atoms with Gasteiger partial charge in [-0.25, -0.2) is 0 Å². The van der Waals surface area contributed by atoms with E-state index in [1.54, 1.807) is 9.00 Å². The summed E-state index contributed by atoms with van der Waals surface area (Å²) < 4.78 is 19.1. The molecule has 0 aliphatic carbocycles. The topological polar surface area (TPSA) is 25.8 Å². The Bertz CT molecular complexity index is 1640. The maximum absolute atomic E-state index is 4.88. The van der Waals surface area contributed by atoms with Gasteiger partial charge in [0.15, 0.2) is 0 Å². The van der Waals surface area contributed by atoms with Crippen LogP contribution >= 0.6 is 57.1 Å². The van der Waals surface area contributed by atoms with Crippen molar-refractivity contribution in [3.63, 3.8) is 0 Å². The molecule has 45 heavy (non-hydrogen) atoms. The summed E-state index contributed by atoms with van der Waals surface area (Å²) in [6.45, 7) is 14.3. The first-order valence-electron chi connectivity index (χ1n) is 17.3. The smallest absolute Gasteiger partial charge is 0.114 e. The largest absolute Gasteiger partial charge is 0.172 e. The highest BCUT2D eigenvalue weighted by molar-refractivity contribution is 7.37. The van der Waals surface area contributed by atoms with E-state index in [-0.39, 0.29) is 0 Å². The molecular weight excluding hydrogens is 677 g/mol. The molecule has 240 valence electrons. The standard InChI is InChI=1S/C36H48N2S5Si2/c1-7-15-44(16-8-2,17-9-3)33-23-31-29(41-33)21-27(39-31)25-13-14-26(36-35(25)37-43-38-36)28-22-30-32(40-28)24-34(42-30)45(18-10-4,19-11-5)20-12-6/h13-14,21-24H,7-12,15-20H2,1-6H3. The lowest BCUT2D eigenvalue weighted by molar-refractivity contribution is 0.939. The number of hydrogen-bond acceptors (Lipinski definition) is 7. The van der Waals surface area contributed by atoms with Crippen molar-refractivity contribution in [2.75, 3.05) is 0 Å². The van der Waals surface area contributed by atoms with Gasteiger partial charge in [-0.3, -0.25) is 0 Å². The van der Waals surface area contributed by atoms with E-state index in [0.29, 0.717) is 0 Å². The molecule has 0 saturated heterocycles. The Labute approximate surface area is 292 Å². The van der Waals surface area contributed by atoms with Crippen molar-refractivity contribution in [1.29, 1.82) is 0 Å². The van der Waals surface area contributed by atoms with Gasteiger partial charge >= 0.3 is 0 Å². The minimum atomic E-state index is -1.42. The van der Waals surface area contributed by atoms with E-state index < -0.39 is 16.1 Å². The summed E-state index contributed by atoms with van der Waals surface area (Å²) in [5, 5.41) is 0. The third-order valence-corrected chi connectivity index (χ3v) is 28.9. The SMILES string of the molecule is CCC[Si](CCC)(CCC)c1cc2sc(-c3ccc(-c4cc5sc([Si](CCC)(CCC)CCC)cc5s4)c4nsnc34)cc2s1. The Balaban J connectivity index is 1.33. The molecule has 9 heteroatoms. The zero-order chi connectivity index (χ0) is 31.6. The molecule has 0 N–H and O–H groups in total. The van der Waals surface area contributed by atoms with Gasteiger partial charge in [0.1, 0.15) is 11.0 Å². The van der Waals surface area contributed by atoms with Crippen LogP contribution in [0.15, 0.2) is 36.4 Å². The first-order valence-corrected chi connectivity index (χ1v) is 26.5. The van der Waals surface area contributed by atoms with Crippen LogP contribution in [-0.4, -0.2) is 24.9 Å². The highest BCUT2D eigenvalue weighted by atomic mass is 32.1. The predicted molar refractivity (Wildman–Crippen MR) is 216 cm³/mol. The number of hydrogen-bond donors (Lipinski definition) is 0. The minimum absolute atomic E-state index is 1.07. The Hall–Kier alpha value is -1.21. The van der Waals surface area contributed by atoms with E-state index in [1.165, 1.54) is 126 Å². The second kappa shape index (κ2) is 14.5. The third-order valence-electron chi connectivity index (χ3n) is 9.78. The highest BCUT2D eigenvalue weighted by Gasteiger charge is 2.35. The van der Waals surface area contributed by atoms with E-state index >= 15 is 0 Å². The van der Waals surface area contributed by atoms with Gasteiger partial charge in [-0.2, -0.15) is 8.75 Å². The second-order valence-electron chi connectivity index (χ2n) is 13.1. The zero-order valence-electron chi connectivity index (χ0n) is 27.9. The summed E-state index contributed by atoms with van der Waals surface area (Å²) in [4.78, 5) is 2.67. The maximum Gasteiger partial charge on any atom is 0.114 e. The average molecular weight is 725 g/mol. The Kier molecular flexibility index (Phi) is 10.9. The minimum Gasteiger partial charge on any atom is -0.172 e. The normalized spacial score (nSPS) is 12.8. The van der Waals surface area contributed by atoms with E-state index in [2.05, 4.69) is 101 Å². The van der Waals surface area contributed by atoms with Crippen molar-refractivity contribution < 1.29 is 0 Å². The molecule has 5 aromatic heterocycles. The fourth-order valence-electron chi connectivity index (χ4n) is 8.08. The molecule has 5 heterocycles. The molecule has 0 fully saturated rings. The molecule has 0 saturated carbocycles. The van der Waals surface area contributed by atoms with E-state index in [4.69, 9.17) is 8.75 Å². The fourth-order valence-corrected chi connectivity index (χ4v) is 27.1. The van der Waals surface area contributed by atoms with Crippen molar-refractivity contribution in [2.24, 2.45) is 0 Å². The third kappa shape index (κ3) is 6.36. The number of nitrogens with zero attached hydrogens (tertiary/aromatic N) is 2. The number of thiophene rings is 4. The number of benzene rings is 1. The highest BCUT2D eigenvalue weighted by Crippen LogP contribution is 2.45. The molecule has 1 aromatic carbocycles. The van der Waals surface area contributed by atoms with Gasteiger partial charge in [0.2, 0.25) is 0 Å². The van der Waals surface area contributed by atoms with Crippen LogP contribution in [0.4, 0.5) is 0 Å². The summed E-state index contributed by atoms with van der Waals surface area (Å²) >= 11 is 9.49. The molecule has 0 radical (unpaired) electrons. The summed E-state index contributed by atoms with van der Waals surface area (Å²) in [7, 11) is -2.84. The maximum atomic E-state index is 4.88. The van der Waals surface area contributed by atoms with E-state index in [0.717, 1.165) is 11.0 Å². The van der Waals surface area contributed by atoms with Gasteiger partial charge in [0.05, 0.1) is 27.9 Å². The zero-order valence-corrected chi connectivity index (χ0v) is 34.0. The molecule has 2 nitrogen and oxygen atoms in total. The van der Waals surface area contributed by atoms with E-state index in [9.17, 15) is 0 Å². The molecule has 6 rings (SSSR count). The van der Waals surface area contributed by atoms with Crippen molar-refractivity contribution in [2.45, 2.75) is 116 Å².